The summed E-state index contributed by atoms with van der Waals surface area (Å²) in [5.41, 5.74) is 1.02. The highest BCUT2D eigenvalue weighted by Gasteiger charge is 2.02. The van der Waals surface area contributed by atoms with Gasteiger partial charge in [-0.25, -0.2) is 0 Å². The summed E-state index contributed by atoms with van der Waals surface area (Å²) in [5.74, 6) is 0.867. The number of benzene rings is 1. The van der Waals surface area contributed by atoms with Gasteiger partial charge in [0, 0.05) is 23.2 Å². The summed E-state index contributed by atoms with van der Waals surface area (Å²) in [4.78, 5) is 0. The summed E-state index contributed by atoms with van der Waals surface area (Å²) in [6.07, 6.45) is 0. The molecule has 60 valence electrons. The van der Waals surface area contributed by atoms with Crippen molar-refractivity contribution >= 4 is 21.8 Å². The van der Waals surface area contributed by atoms with E-state index in [0.717, 1.165) is 11.4 Å². The van der Waals surface area contributed by atoms with Crippen molar-refractivity contribution in [3.05, 3.63) is 24.3 Å². The Morgan fingerprint density at radius 2 is 2.00 bits per heavy atom. The van der Waals surface area contributed by atoms with Gasteiger partial charge >= 0.3 is 0 Å². The first kappa shape index (κ1) is 8.40. The summed E-state index contributed by atoms with van der Waals surface area (Å²) in [6.45, 7) is 0. The van der Waals surface area contributed by atoms with Crippen LogP contribution in [0.5, 0.6) is 5.75 Å². The van der Waals surface area contributed by atoms with Gasteiger partial charge in [0.2, 0.25) is 0 Å². The first-order valence-corrected chi connectivity index (χ1v) is 3.99. The van der Waals surface area contributed by atoms with Crippen LogP contribution in [-0.2, 0) is 0 Å². The highest BCUT2D eigenvalue weighted by molar-refractivity contribution is 9.10. The molecule has 0 atom stereocenters. The van der Waals surface area contributed by atoms with Gasteiger partial charge in [0.1, 0.15) is 5.75 Å². The second-order valence-electron chi connectivity index (χ2n) is 2.15. The molecule has 0 aromatic heterocycles. The summed E-state index contributed by atoms with van der Waals surface area (Å²) in [5, 5.41) is 0. The number of nitrogens with zero attached hydrogens (tertiary/aromatic N) is 1. The van der Waals surface area contributed by atoms with E-state index in [1.165, 1.54) is 0 Å². The SMILES string of the molecule is COc1ccccc1N(C)Br. The number of methoxy groups -OCH3 is 1. The standard InChI is InChI=1S/C8H10BrNO/c1-10(9)7-5-3-4-6-8(7)11-2/h3-6H,1-2H3. The van der Waals surface area contributed by atoms with Crippen LogP contribution in [0, 0.1) is 0 Å². The Bertz CT molecular complexity index is 237. The largest absolute Gasteiger partial charge is 0.495 e. The van der Waals surface area contributed by atoms with Gasteiger partial charge in [-0.15, -0.1) is 0 Å². The molecule has 0 aliphatic rings. The number of rotatable bonds is 2. The van der Waals surface area contributed by atoms with E-state index in [0.29, 0.717) is 0 Å². The number of hydrogen-bond acceptors (Lipinski definition) is 2. The molecule has 0 unspecified atom stereocenters. The van der Waals surface area contributed by atoms with Crippen LogP contribution in [0.4, 0.5) is 5.69 Å². The van der Waals surface area contributed by atoms with E-state index in [4.69, 9.17) is 4.74 Å². The highest BCUT2D eigenvalue weighted by atomic mass is 79.9. The maximum Gasteiger partial charge on any atom is 0.142 e. The second-order valence-corrected chi connectivity index (χ2v) is 3.21. The first-order chi connectivity index (χ1) is 5.25. The smallest absolute Gasteiger partial charge is 0.142 e. The summed E-state index contributed by atoms with van der Waals surface area (Å²) >= 11 is 3.33. The van der Waals surface area contributed by atoms with Crippen molar-refractivity contribution in [1.82, 2.24) is 0 Å². The Balaban J connectivity index is 3.02. The zero-order valence-corrected chi connectivity index (χ0v) is 8.13. The third kappa shape index (κ3) is 1.87. The van der Waals surface area contributed by atoms with Crippen LogP contribution in [0.25, 0.3) is 0 Å². The lowest BCUT2D eigenvalue weighted by atomic mass is 10.3. The van der Waals surface area contributed by atoms with Crippen molar-refractivity contribution in [2.24, 2.45) is 0 Å². The maximum atomic E-state index is 5.13. The first-order valence-electron chi connectivity index (χ1n) is 3.28. The molecule has 0 N–H and O–H groups in total. The van der Waals surface area contributed by atoms with Gasteiger partial charge in [-0.1, -0.05) is 12.1 Å². The summed E-state index contributed by atoms with van der Waals surface area (Å²) in [7, 11) is 3.58. The predicted molar refractivity (Wildman–Crippen MR) is 50.3 cm³/mol. The minimum absolute atomic E-state index is 0.867. The quantitative estimate of drug-likeness (QED) is 0.704. The van der Waals surface area contributed by atoms with E-state index in [1.54, 1.807) is 7.11 Å². The molecule has 0 radical (unpaired) electrons. The molecular formula is C8H10BrNO. The molecule has 0 saturated heterocycles. The van der Waals surface area contributed by atoms with E-state index < -0.39 is 0 Å². The fourth-order valence-corrected chi connectivity index (χ4v) is 1.18. The van der Waals surface area contributed by atoms with Gasteiger partial charge in [-0.3, -0.25) is 0 Å². The molecule has 0 amide bonds. The highest BCUT2D eigenvalue weighted by Crippen LogP contribution is 2.27. The van der Waals surface area contributed by atoms with E-state index in [9.17, 15) is 0 Å². The maximum absolute atomic E-state index is 5.13. The van der Waals surface area contributed by atoms with Gasteiger partial charge in [-0.05, 0) is 12.1 Å². The molecule has 0 spiro atoms. The third-order valence-corrected chi connectivity index (χ3v) is 1.80. The lowest BCUT2D eigenvalue weighted by molar-refractivity contribution is 0.416. The molecule has 3 heteroatoms. The molecule has 2 nitrogen and oxygen atoms in total. The fourth-order valence-electron chi connectivity index (χ4n) is 0.884. The van der Waals surface area contributed by atoms with Crippen LogP contribution in [0.15, 0.2) is 24.3 Å². The molecule has 11 heavy (non-hydrogen) atoms. The molecule has 1 aromatic carbocycles. The number of para-hydroxylation sites is 2. The summed E-state index contributed by atoms with van der Waals surface area (Å²) in [6, 6.07) is 7.81. The van der Waals surface area contributed by atoms with Crippen molar-refractivity contribution in [2.75, 3.05) is 18.1 Å². The van der Waals surface area contributed by atoms with Gasteiger partial charge in [-0.2, -0.15) is 0 Å². The van der Waals surface area contributed by atoms with Crippen LogP contribution in [0.3, 0.4) is 0 Å². The van der Waals surface area contributed by atoms with Crippen LogP contribution in [-0.4, -0.2) is 14.2 Å². The minimum Gasteiger partial charge on any atom is -0.495 e. The Hall–Kier alpha value is -0.700. The van der Waals surface area contributed by atoms with Gasteiger partial charge < -0.3 is 8.66 Å². The van der Waals surface area contributed by atoms with Crippen LogP contribution < -0.4 is 8.66 Å². The lowest BCUT2D eigenvalue weighted by Crippen LogP contribution is -2.01. The third-order valence-electron chi connectivity index (χ3n) is 1.42. The van der Waals surface area contributed by atoms with E-state index >= 15 is 0 Å². The normalized spacial score (nSPS) is 9.36. The van der Waals surface area contributed by atoms with Crippen LogP contribution >= 0.6 is 16.1 Å². The lowest BCUT2D eigenvalue weighted by Gasteiger charge is -2.13. The van der Waals surface area contributed by atoms with Crippen LogP contribution in [0.2, 0.25) is 0 Å². The van der Waals surface area contributed by atoms with Gasteiger partial charge in [0.15, 0.2) is 0 Å². The Labute approximate surface area is 75.1 Å². The average molecular weight is 216 g/mol. The minimum atomic E-state index is 0.867. The van der Waals surface area contributed by atoms with E-state index in [1.807, 2.05) is 35.2 Å². The second kappa shape index (κ2) is 3.62. The van der Waals surface area contributed by atoms with Crippen molar-refractivity contribution in [1.29, 1.82) is 0 Å². The van der Waals surface area contributed by atoms with Crippen LogP contribution in [0.1, 0.15) is 0 Å². The summed E-state index contributed by atoms with van der Waals surface area (Å²) < 4.78 is 6.97. The van der Waals surface area contributed by atoms with E-state index in [2.05, 4.69) is 16.1 Å². The monoisotopic (exact) mass is 215 g/mol. The molecule has 1 aromatic rings. The fraction of sp³-hybridized carbons (Fsp3) is 0.250. The number of anilines is 1. The van der Waals surface area contributed by atoms with Crippen molar-refractivity contribution in [3.63, 3.8) is 0 Å². The number of ether oxygens (including phenoxy) is 1. The molecule has 1 rings (SSSR count). The molecule has 0 saturated carbocycles. The Kier molecular flexibility index (Phi) is 2.76. The topological polar surface area (TPSA) is 12.5 Å². The van der Waals surface area contributed by atoms with Gasteiger partial charge in [0.05, 0.1) is 12.8 Å². The predicted octanol–water partition coefficient (Wildman–Crippen LogP) is 2.44. The van der Waals surface area contributed by atoms with Crippen molar-refractivity contribution in [2.45, 2.75) is 0 Å². The molecule has 0 fully saturated rings. The zero-order chi connectivity index (χ0) is 8.27. The van der Waals surface area contributed by atoms with Crippen molar-refractivity contribution in [3.8, 4) is 5.75 Å². The number of halogens is 1. The molecule has 0 aliphatic carbocycles. The molecule has 0 bridgehead atoms. The zero-order valence-electron chi connectivity index (χ0n) is 6.54. The molecule has 0 aliphatic heterocycles. The Morgan fingerprint density at radius 1 is 1.36 bits per heavy atom. The Morgan fingerprint density at radius 3 is 2.45 bits per heavy atom. The van der Waals surface area contributed by atoms with Crippen molar-refractivity contribution < 1.29 is 4.74 Å². The average Bonchev–Trinajstić information content (AvgIpc) is 2.04. The van der Waals surface area contributed by atoms with Gasteiger partial charge in [0.25, 0.3) is 0 Å². The molecular weight excluding hydrogens is 206 g/mol. The molecule has 0 heterocycles. The number of hydrogen-bond donors (Lipinski definition) is 0. The van der Waals surface area contributed by atoms with E-state index in [-0.39, 0.29) is 0 Å².